The average molecular weight is 496 g/mol. The van der Waals surface area contributed by atoms with E-state index in [1.807, 2.05) is 24.3 Å². The molecule has 0 saturated carbocycles. The number of nitrogens with zero attached hydrogens (tertiary/aromatic N) is 4. The number of hydrogen-bond donors (Lipinski definition) is 1. The van der Waals surface area contributed by atoms with Crippen LogP contribution in [0.1, 0.15) is 0 Å². The van der Waals surface area contributed by atoms with E-state index in [2.05, 4.69) is 20.6 Å². The van der Waals surface area contributed by atoms with E-state index < -0.39 is 9.84 Å². The first kappa shape index (κ1) is 21.9. The topological polar surface area (TPSA) is 108 Å². The maximum absolute atomic E-state index is 13.4. The van der Waals surface area contributed by atoms with Crippen molar-refractivity contribution >= 4 is 49.5 Å². The number of aromatic nitrogens is 4. The van der Waals surface area contributed by atoms with Gasteiger partial charge in [-0.15, -0.1) is 5.10 Å². The fourth-order valence-corrected chi connectivity index (χ4v) is 4.94. The molecule has 0 atom stereocenters. The summed E-state index contributed by atoms with van der Waals surface area (Å²) in [4.78, 5) is 4.66. The molecule has 5 rings (SSSR count). The molecule has 0 bridgehead atoms. The minimum Gasteiger partial charge on any atom is -0.497 e. The molecule has 0 unspecified atom stereocenters. The predicted octanol–water partition coefficient (Wildman–Crippen LogP) is 4.52. The van der Waals surface area contributed by atoms with Gasteiger partial charge in [-0.1, -0.05) is 28.9 Å². The Morgan fingerprint density at radius 1 is 0.971 bits per heavy atom. The fraction of sp³-hybridized carbons (Fsp3) is 0.0870. The number of halogens is 1. The second-order valence-corrected chi connectivity index (χ2v) is 9.56. The third-order valence-electron chi connectivity index (χ3n) is 5.26. The monoisotopic (exact) mass is 495 g/mol. The lowest BCUT2D eigenvalue weighted by molar-refractivity contribution is 0.405. The highest BCUT2D eigenvalue weighted by Gasteiger charge is 2.27. The number of rotatable bonds is 6. The maximum atomic E-state index is 13.4. The highest BCUT2D eigenvalue weighted by molar-refractivity contribution is 7.91. The molecule has 11 heteroatoms. The molecular weight excluding hydrogens is 478 g/mol. The summed E-state index contributed by atoms with van der Waals surface area (Å²) in [6.07, 6.45) is 0. The third kappa shape index (κ3) is 3.66. The van der Waals surface area contributed by atoms with Crippen LogP contribution in [0.2, 0.25) is 5.02 Å². The number of fused-ring (bicyclic) bond motifs is 3. The quantitative estimate of drug-likeness (QED) is 0.366. The molecule has 5 aromatic rings. The second kappa shape index (κ2) is 8.47. The van der Waals surface area contributed by atoms with E-state index in [0.29, 0.717) is 38.9 Å². The van der Waals surface area contributed by atoms with Crippen LogP contribution in [0.5, 0.6) is 11.5 Å². The van der Waals surface area contributed by atoms with Gasteiger partial charge in [-0.2, -0.15) is 4.52 Å². The third-order valence-corrected chi connectivity index (χ3v) is 7.18. The average Bonchev–Trinajstić information content (AvgIpc) is 3.29. The van der Waals surface area contributed by atoms with Crippen LogP contribution in [0.4, 0.5) is 11.5 Å². The number of anilines is 2. The number of ether oxygens (including phenoxy) is 2. The zero-order valence-electron chi connectivity index (χ0n) is 18.1. The molecule has 34 heavy (non-hydrogen) atoms. The standard InChI is InChI=1S/C23H18ClN5O4S/c1-32-15-9-12-20(33-2)18(13-15)25-21-17-5-3-4-6-19(17)29-22(26-21)23(27-28-29)34(30,31)16-10-7-14(24)8-11-16/h3-13H,1-2H3,(H,25,26). The largest absolute Gasteiger partial charge is 0.497 e. The molecule has 0 aliphatic heterocycles. The molecule has 0 aliphatic rings. The van der Waals surface area contributed by atoms with Gasteiger partial charge in [0.2, 0.25) is 14.9 Å². The molecule has 2 heterocycles. The highest BCUT2D eigenvalue weighted by atomic mass is 35.5. The fourth-order valence-electron chi connectivity index (χ4n) is 3.58. The van der Waals surface area contributed by atoms with Gasteiger partial charge >= 0.3 is 0 Å². The van der Waals surface area contributed by atoms with Crippen molar-refractivity contribution in [2.45, 2.75) is 9.92 Å². The molecule has 0 aliphatic carbocycles. The van der Waals surface area contributed by atoms with E-state index in [9.17, 15) is 8.42 Å². The minimum absolute atomic E-state index is 0.0400. The first-order valence-electron chi connectivity index (χ1n) is 10.1. The number of methoxy groups -OCH3 is 2. The zero-order valence-corrected chi connectivity index (χ0v) is 19.6. The van der Waals surface area contributed by atoms with Crippen LogP contribution in [0, 0.1) is 0 Å². The van der Waals surface area contributed by atoms with Gasteiger partial charge in [0.05, 0.1) is 30.3 Å². The van der Waals surface area contributed by atoms with Crippen LogP contribution >= 0.6 is 11.6 Å². The van der Waals surface area contributed by atoms with Gasteiger partial charge in [0.1, 0.15) is 17.3 Å². The number of para-hydroxylation sites is 1. The molecular formula is C23H18ClN5O4S. The van der Waals surface area contributed by atoms with E-state index in [1.165, 1.54) is 28.8 Å². The number of hydrogen-bond acceptors (Lipinski definition) is 8. The van der Waals surface area contributed by atoms with Crippen molar-refractivity contribution in [1.29, 1.82) is 0 Å². The summed E-state index contributed by atoms with van der Waals surface area (Å²) in [7, 11) is -0.887. The Kier molecular flexibility index (Phi) is 5.46. The molecule has 0 saturated heterocycles. The van der Waals surface area contributed by atoms with E-state index in [-0.39, 0.29) is 15.6 Å². The summed E-state index contributed by atoms with van der Waals surface area (Å²) in [6.45, 7) is 0. The molecule has 1 N–H and O–H groups in total. The zero-order chi connectivity index (χ0) is 23.9. The molecule has 9 nitrogen and oxygen atoms in total. The first-order valence-corrected chi connectivity index (χ1v) is 11.9. The van der Waals surface area contributed by atoms with Crippen LogP contribution < -0.4 is 14.8 Å². The Morgan fingerprint density at radius 3 is 2.47 bits per heavy atom. The number of nitrogens with one attached hydrogen (secondary N) is 1. The van der Waals surface area contributed by atoms with Gasteiger partial charge in [-0.25, -0.2) is 13.4 Å². The lowest BCUT2D eigenvalue weighted by Crippen LogP contribution is -2.06. The molecule has 0 spiro atoms. The van der Waals surface area contributed by atoms with Crippen molar-refractivity contribution in [1.82, 2.24) is 19.8 Å². The minimum atomic E-state index is -4.01. The summed E-state index contributed by atoms with van der Waals surface area (Å²) in [5.74, 6) is 1.59. The Balaban J connectivity index is 1.73. The second-order valence-electron chi connectivity index (χ2n) is 7.26. The lowest BCUT2D eigenvalue weighted by atomic mass is 10.2. The Morgan fingerprint density at radius 2 is 1.74 bits per heavy atom. The summed E-state index contributed by atoms with van der Waals surface area (Å²) in [5, 5.41) is 12.2. The first-order chi connectivity index (χ1) is 16.4. The maximum Gasteiger partial charge on any atom is 0.229 e. The molecule has 0 radical (unpaired) electrons. The van der Waals surface area contributed by atoms with Gasteiger partial charge in [-0.3, -0.25) is 0 Å². The van der Waals surface area contributed by atoms with E-state index >= 15 is 0 Å². The summed E-state index contributed by atoms with van der Waals surface area (Å²) >= 11 is 5.92. The van der Waals surface area contributed by atoms with Crippen LogP contribution in [-0.2, 0) is 9.84 Å². The van der Waals surface area contributed by atoms with Gasteiger partial charge in [0.25, 0.3) is 0 Å². The van der Waals surface area contributed by atoms with Crippen LogP contribution in [0.25, 0.3) is 16.6 Å². The van der Waals surface area contributed by atoms with Gasteiger partial charge < -0.3 is 14.8 Å². The molecule has 0 fully saturated rings. The van der Waals surface area contributed by atoms with Gasteiger partial charge in [0, 0.05) is 16.5 Å². The van der Waals surface area contributed by atoms with Crippen LogP contribution in [-0.4, -0.2) is 42.4 Å². The van der Waals surface area contributed by atoms with Crippen molar-refractivity contribution in [3.63, 3.8) is 0 Å². The highest BCUT2D eigenvalue weighted by Crippen LogP contribution is 2.34. The normalized spacial score (nSPS) is 11.6. The van der Waals surface area contributed by atoms with Crippen molar-refractivity contribution in [3.8, 4) is 11.5 Å². The SMILES string of the molecule is COc1ccc(OC)c(Nc2nc3c(S(=O)(=O)c4ccc(Cl)cc4)nnn3c3ccccc23)c1. The van der Waals surface area contributed by atoms with Gasteiger partial charge in [0.15, 0.2) is 5.65 Å². The summed E-state index contributed by atoms with van der Waals surface area (Å²) < 4.78 is 38.9. The lowest BCUT2D eigenvalue weighted by Gasteiger charge is -2.14. The summed E-state index contributed by atoms with van der Waals surface area (Å²) in [5.41, 5.74) is 1.30. The van der Waals surface area contributed by atoms with Crippen molar-refractivity contribution < 1.29 is 17.9 Å². The van der Waals surface area contributed by atoms with Crippen molar-refractivity contribution in [2.75, 3.05) is 19.5 Å². The molecule has 2 aromatic heterocycles. The Labute approximate surface area is 199 Å². The van der Waals surface area contributed by atoms with Crippen LogP contribution in [0.3, 0.4) is 0 Å². The number of sulfone groups is 1. The van der Waals surface area contributed by atoms with E-state index in [0.717, 1.165) is 0 Å². The predicted molar refractivity (Wildman–Crippen MR) is 128 cm³/mol. The number of benzene rings is 3. The molecule has 172 valence electrons. The molecule has 0 amide bonds. The van der Waals surface area contributed by atoms with E-state index in [4.69, 9.17) is 21.1 Å². The van der Waals surface area contributed by atoms with E-state index in [1.54, 1.807) is 32.4 Å². The van der Waals surface area contributed by atoms with Crippen molar-refractivity contribution in [2.24, 2.45) is 0 Å². The van der Waals surface area contributed by atoms with Crippen molar-refractivity contribution in [3.05, 3.63) is 71.8 Å². The Hall–Kier alpha value is -3.89. The summed E-state index contributed by atoms with van der Waals surface area (Å²) in [6, 6.07) is 18.5. The Bertz CT molecular complexity index is 1640. The van der Waals surface area contributed by atoms with Gasteiger partial charge in [-0.05, 0) is 48.5 Å². The molecule has 3 aromatic carbocycles. The smallest absolute Gasteiger partial charge is 0.229 e. The van der Waals surface area contributed by atoms with Crippen LogP contribution in [0.15, 0.2) is 76.7 Å².